The molecule has 1 unspecified atom stereocenters. The fourth-order valence-electron chi connectivity index (χ4n) is 3.39. The first-order valence-corrected chi connectivity index (χ1v) is 12.4. The molecule has 32 heavy (non-hydrogen) atoms. The van der Waals surface area contributed by atoms with Gasteiger partial charge >= 0.3 is 0 Å². The monoisotopic (exact) mass is 502 g/mol. The number of nitrogens with two attached hydrogens (primary N) is 1. The predicted octanol–water partition coefficient (Wildman–Crippen LogP) is 3.73. The van der Waals surface area contributed by atoms with E-state index in [-0.39, 0.29) is 33.1 Å². The number of nitrogen functional groups attached to an aromatic ring is 1. The van der Waals surface area contributed by atoms with Gasteiger partial charge in [0.25, 0.3) is 0 Å². The summed E-state index contributed by atoms with van der Waals surface area (Å²) in [5.74, 6) is -0.239. The Hall–Kier alpha value is -2.07. The summed E-state index contributed by atoms with van der Waals surface area (Å²) in [6.07, 6.45) is 1.69. The van der Waals surface area contributed by atoms with Crippen molar-refractivity contribution >= 4 is 50.5 Å². The third-order valence-corrected chi connectivity index (χ3v) is 7.48. The van der Waals surface area contributed by atoms with Crippen LogP contribution < -0.4 is 15.8 Å². The van der Waals surface area contributed by atoms with E-state index in [1.165, 1.54) is 36.4 Å². The second-order valence-corrected chi connectivity index (χ2v) is 10.4. The Labute approximate surface area is 197 Å². The standard InChI is InChI=1S/C21H25Cl2FN4O3S/c1-13-6-8-28(9-7-13)21(29)19(12-26-15-4-2-14(24)3-5-15)27-32(30,31)16-10-17(22)20(25)18(23)11-16/h2-5,10-11,13,19,26-27H,6-9,12,25H2,1H3. The Morgan fingerprint density at radius 3 is 2.31 bits per heavy atom. The fourth-order valence-corrected chi connectivity index (χ4v) is 5.25. The number of hydrogen-bond donors (Lipinski definition) is 3. The number of piperidine rings is 1. The molecule has 4 N–H and O–H groups in total. The summed E-state index contributed by atoms with van der Waals surface area (Å²) < 4.78 is 41.7. The molecular formula is C21H25Cl2FN4O3S. The number of carbonyl (C=O) groups is 1. The number of carbonyl (C=O) groups excluding carboxylic acids is 1. The summed E-state index contributed by atoms with van der Waals surface area (Å²) in [7, 11) is -4.15. The number of nitrogens with one attached hydrogen (secondary N) is 2. The topological polar surface area (TPSA) is 105 Å². The lowest BCUT2D eigenvalue weighted by atomic mass is 9.99. The van der Waals surface area contributed by atoms with E-state index in [0.29, 0.717) is 24.7 Å². The van der Waals surface area contributed by atoms with Crippen LogP contribution in [-0.4, -0.2) is 44.9 Å². The number of benzene rings is 2. The molecule has 1 amide bonds. The van der Waals surface area contributed by atoms with Crippen molar-refractivity contribution in [1.82, 2.24) is 9.62 Å². The van der Waals surface area contributed by atoms with Crippen molar-refractivity contribution in [2.24, 2.45) is 5.92 Å². The predicted molar refractivity (Wildman–Crippen MR) is 125 cm³/mol. The number of nitrogens with zero attached hydrogens (tertiary/aromatic N) is 1. The lowest BCUT2D eigenvalue weighted by Gasteiger charge is -2.33. The fraction of sp³-hybridized carbons (Fsp3) is 0.381. The molecule has 3 rings (SSSR count). The van der Waals surface area contributed by atoms with Gasteiger partial charge in [-0.3, -0.25) is 4.79 Å². The van der Waals surface area contributed by atoms with Crippen molar-refractivity contribution in [2.45, 2.75) is 30.7 Å². The molecule has 1 saturated heterocycles. The van der Waals surface area contributed by atoms with Gasteiger partial charge in [-0.2, -0.15) is 4.72 Å². The summed E-state index contributed by atoms with van der Waals surface area (Å²) in [4.78, 5) is 14.7. The van der Waals surface area contributed by atoms with Gasteiger partial charge in [-0.15, -0.1) is 0 Å². The van der Waals surface area contributed by atoms with E-state index in [2.05, 4.69) is 17.0 Å². The molecule has 1 aliphatic rings. The summed E-state index contributed by atoms with van der Waals surface area (Å²) in [5, 5.41) is 2.98. The minimum atomic E-state index is -4.15. The van der Waals surface area contributed by atoms with Crippen molar-refractivity contribution in [2.75, 3.05) is 30.7 Å². The van der Waals surface area contributed by atoms with E-state index in [9.17, 15) is 17.6 Å². The highest BCUT2D eigenvalue weighted by Gasteiger charge is 2.31. The molecule has 1 heterocycles. The lowest BCUT2D eigenvalue weighted by molar-refractivity contribution is -0.134. The van der Waals surface area contributed by atoms with E-state index < -0.39 is 21.9 Å². The van der Waals surface area contributed by atoms with Crippen molar-refractivity contribution in [1.29, 1.82) is 0 Å². The zero-order chi connectivity index (χ0) is 23.5. The van der Waals surface area contributed by atoms with Crippen molar-refractivity contribution in [3.63, 3.8) is 0 Å². The number of hydrogen-bond acceptors (Lipinski definition) is 5. The van der Waals surface area contributed by atoms with Gasteiger partial charge in [-0.1, -0.05) is 30.1 Å². The Morgan fingerprint density at radius 1 is 1.19 bits per heavy atom. The second-order valence-electron chi connectivity index (χ2n) is 7.87. The van der Waals surface area contributed by atoms with Crippen molar-refractivity contribution in [3.05, 3.63) is 52.3 Å². The molecule has 0 bridgehead atoms. The summed E-state index contributed by atoms with van der Waals surface area (Å²) in [6, 6.07) is 6.82. The molecule has 174 valence electrons. The number of sulfonamides is 1. The number of anilines is 2. The number of halogens is 3. The van der Waals surface area contributed by atoms with Crippen LogP contribution in [0.2, 0.25) is 10.0 Å². The van der Waals surface area contributed by atoms with Crippen LogP contribution in [0.25, 0.3) is 0 Å². The molecule has 11 heteroatoms. The van der Waals surface area contributed by atoms with Gasteiger partial charge in [-0.25, -0.2) is 12.8 Å². The highest BCUT2D eigenvalue weighted by molar-refractivity contribution is 7.89. The van der Waals surface area contributed by atoms with Crippen LogP contribution in [0, 0.1) is 11.7 Å². The Bertz CT molecular complexity index is 1050. The van der Waals surface area contributed by atoms with E-state index in [0.717, 1.165) is 12.8 Å². The van der Waals surface area contributed by atoms with Gasteiger partial charge in [-0.05, 0) is 55.2 Å². The van der Waals surface area contributed by atoms with E-state index in [1.807, 2.05) is 0 Å². The first-order chi connectivity index (χ1) is 15.1. The molecular weight excluding hydrogens is 478 g/mol. The third-order valence-electron chi connectivity index (χ3n) is 5.41. The smallest absolute Gasteiger partial charge is 0.242 e. The molecule has 1 fully saturated rings. The van der Waals surface area contributed by atoms with Crippen LogP contribution in [0.1, 0.15) is 19.8 Å². The molecule has 0 saturated carbocycles. The molecule has 0 spiro atoms. The van der Waals surface area contributed by atoms with E-state index in [4.69, 9.17) is 28.9 Å². The van der Waals surface area contributed by atoms with Crippen molar-refractivity contribution in [3.8, 4) is 0 Å². The molecule has 1 atom stereocenters. The summed E-state index contributed by atoms with van der Waals surface area (Å²) in [6.45, 7) is 3.18. The quantitative estimate of drug-likeness (QED) is 0.500. The average molecular weight is 503 g/mol. The Balaban J connectivity index is 1.83. The van der Waals surface area contributed by atoms with Gasteiger partial charge in [0, 0.05) is 25.3 Å². The summed E-state index contributed by atoms with van der Waals surface area (Å²) in [5.41, 5.74) is 6.32. The summed E-state index contributed by atoms with van der Waals surface area (Å²) >= 11 is 12.0. The highest BCUT2D eigenvalue weighted by atomic mass is 35.5. The molecule has 0 aromatic heterocycles. The van der Waals surface area contributed by atoms with Gasteiger partial charge < -0.3 is 16.0 Å². The number of likely N-dealkylation sites (tertiary alicyclic amines) is 1. The first kappa shape index (κ1) is 24.6. The molecule has 1 aliphatic heterocycles. The van der Waals surface area contributed by atoms with Gasteiger partial charge in [0.1, 0.15) is 11.9 Å². The van der Waals surface area contributed by atoms with Crippen LogP contribution in [-0.2, 0) is 14.8 Å². The zero-order valence-corrected chi connectivity index (χ0v) is 19.8. The van der Waals surface area contributed by atoms with E-state index in [1.54, 1.807) is 4.90 Å². The number of amides is 1. The molecule has 0 radical (unpaired) electrons. The maximum absolute atomic E-state index is 13.2. The minimum Gasteiger partial charge on any atom is -0.396 e. The SMILES string of the molecule is CC1CCN(C(=O)C(CNc2ccc(F)cc2)NS(=O)(=O)c2cc(Cl)c(N)c(Cl)c2)CC1. The second kappa shape index (κ2) is 10.2. The van der Waals surface area contributed by atoms with Crippen molar-refractivity contribution < 1.29 is 17.6 Å². The van der Waals surface area contributed by atoms with Crippen LogP contribution in [0.3, 0.4) is 0 Å². The largest absolute Gasteiger partial charge is 0.396 e. The Kier molecular flexibility index (Phi) is 7.87. The maximum Gasteiger partial charge on any atom is 0.242 e. The average Bonchev–Trinajstić information content (AvgIpc) is 2.75. The zero-order valence-electron chi connectivity index (χ0n) is 17.4. The van der Waals surface area contributed by atoms with Crippen LogP contribution in [0.5, 0.6) is 0 Å². The normalized spacial score (nSPS) is 16.1. The Morgan fingerprint density at radius 2 is 1.75 bits per heavy atom. The van der Waals surface area contributed by atoms with Crippen LogP contribution in [0.4, 0.5) is 15.8 Å². The minimum absolute atomic E-state index is 0.00444. The molecule has 2 aromatic rings. The highest BCUT2D eigenvalue weighted by Crippen LogP contribution is 2.30. The molecule has 7 nitrogen and oxygen atoms in total. The van der Waals surface area contributed by atoms with Crippen LogP contribution in [0.15, 0.2) is 41.3 Å². The van der Waals surface area contributed by atoms with E-state index >= 15 is 0 Å². The molecule has 0 aliphatic carbocycles. The molecule has 2 aromatic carbocycles. The van der Waals surface area contributed by atoms with Gasteiger partial charge in [0.15, 0.2) is 0 Å². The van der Waals surface area contributed by atoms with Gasteiger partial charge in [0.05, 0.1) is 20.6 Å². The van der Waals surface area contributed by atoms with Gasteiger partial charge in [0.2, 0.25) is 15.9 Å². The lowest BCUT2D eigenvalue weighted by Crippen LogP contribution is -2.53. The maximum atomic E-state index is 13.2. The van der Waals surface area contributed by atoms with Crippen LogP contribution >= 0.6 is 23.2 Å². The third kappa shape index (κ3) is 6.04. The first-order valence-electron chi connectivity index (χ1n) is 10.1. The number of rotatable bonds is 7.